The average Bonchev–Trinajstić information content (AvgIpc) is 2.76. The van der Waals surface area contributed by atoms with Crippen molar-refractivity contribution in [2.45, 2.75) is 88.1 Å². The summed E-state index contributed by atoms with van der Waals surface area (Å²) in [7, 11) is -35.8. The molecule has 0 bridgehead atoms. The molecule has 4 N–H and O–H groups in total. The molecule has 0 heterocycles. The van der Waals surface area contributed by atoms with Crippen LogP contribution in [0.4, 0.5) is 52.7 Å². The molecule has 0 aromatic heterocycles. The summed E-state index contributed by atoms with van der Waals surface area (Å²) >= 11 is 0. The minimum Gasteiger partial charge on any atom is -0.330 e. The van der Waals surface area contributed by atoms with Gasteiger partial charge in [0, 0.05) is 0 Å². The highest BCUT2D eigenvalue weighted by molar-refractivity contribution is 8.18. The predicted molar refractivity (Wildman–Crippen MR) is 120 cm³/mol. The second kappa shape index (κ2) is 12.7. The fourth-order valence-electron chi connectivity index (χ4n) is 3.80. The third-order valence-electron chi connectivity index (χ3n) is 5.88. The topological polar surface area (TPSA) is 189 Å². The molecule has 0 rings (SSSR count). The van der Waals surface area contributed by atoms with Crippen LogP contribution < -0.4 is 11.5 Å². The average molecular weight is 729 g/mol. The van der Waals surface area contributed by atoms with Crippen LogP contribution in [0.25, 0.3) is 0 Å². The summed E-state index contributed by atoms with van der Waals surface area (Å²) in [6.07, 6.45) is -4.64. The summed E-state index contributed by atoms with van der Waals surface area (Å²) in [5, 5.41) is 0. The maximum Gasteiger partial charge on any atom is 0.500 e. The SMILES string of the molecule is NCCCCCCCCCCC(C(N)(S(=O)(=O)C(F)(F)F)S(=O)(=O)C(F)(F)F)(S(=O)(=O)C(F)(F)F)S(=O)(=O)C(F)(F)F. The standard InChI is InChI=1S/C16H24F12N2O8S4/c17-13(18,19)39(31,32)11(40(33,34)14(20,21)22,9-7-5-3-1-2-4-6-8-10-29)12(30,41(35,36)15(23,24)25)42(37,38)16(26,27)28/h1-10,29-30H2. The van der Waals surface area contributed by atoms with Gasteiger partial charge < -0.3 is 5.73 Å². The number of sulfone groups is 4. The van der Waals surface area contributed by atoms with E-state index in [0.717, 1.165) is 0 Å². The number of halogens is 12. The third kappa shape index (κ3) is 6.61. The molecule has 0 aromatic carbocycles. The summed E-state index contributed by atoms with van der Waals surface area (Å²) < 4.78 is 247. The normalized spacial score (nSPS) is 15.7. The van der Waals surface area contributed by atoms with Crippen LogP contribution in [0.5, 0.6) is 0 Å². The maximum atomic E-state index is 13.7. The number of hydrogen-bond donors (Lipinski definition) is 2. The molecular formula is C16H24F12N2O8S4. The van der Waals surface area contributed by atoms with Crippen LogP contribution in [-0.2, 0) is 39.3 Å². The summed E-state index contributed by atoms with van der Waals surface area (Å²) in [6, 6.07) is 0. The number of unbranched alkanes of at least 4 members (excludes halogenated alkanes) is 7. The Bertz CT molecular complexity index is 1280. The van der Waals surface area contributed by atoms with Crippen molar-refractivity contribution in [1.82, 2.24) is 0 Å². The van der Waals surface area contributed by atoms with E-state index in [2.05, 4.69) is 5.73 Å². The Morgan fingerprint density at radius 2 is 0.643 bits per heavy atom. The van der Waals surface area contributed by atoms with E-state index < -0.39 is 88.9 Å². The molecule has 10 nitrogen and oxygen atoms in total. The minimum absolute atomic E-state index is 0.00885. The molecule has 0 aliphatic carbocycles. The fourth-order valence-corrected chi connectivity index (χ4v) is 13.9. The lowest BCUT2D eigenvalue weighted by Crippen LogP contribution is -2.80. The van der Waals surface area contributed by atoms with Gasteiger partial charge in [0.05, 0.1) is 0 Å². The highest BCUT2D eigenvalue weighted by atomic mass is 32.3. The highest BCUT2D eigenvalue weighted by Crippen LogP contribution is 2.58. The van der Waals surface area contributed by atoms with Crippen molar-refractivity contribution in [1.29, 1.82) is 0 Å². The van der Waals surface area contributed by atoms with Gasteiger partial charge in [0.25, 0.3) is 43.6 Å². The van der Waals surface area contributed by atoms with Crippen molar-refractivity contribution in [3.8, 4) is 0 Å². The van der Waals surface area contributed by atoms with E-state index in [9.17, 15) is 86.4 Å². The number of hydrogen-bond acceptors (Lipinski definition) is 10. The molecule has 0 aliphatic rings. The highest BCUT2D eigenvalue weighted by Gasteiger charge is 2.90. The van der Waals surface area contributed by atoms with Gasteiger partial charge in [-0.25, -0.2) is 33.7 Å². The first-order valence-corrected chi connectivity index (χ1v) is 17.0. The van der Waals surface area contributed by atoms with Gasteiger partial charge in [0.15, 0.2) is 0 Å². The maximum absolute atomic E-state index is 13.7. The quantitative estimate of drug-likeness (QED) is 0.187. The van der Waals surface area contributed by atoms with Gasteiger partial charge in [-0.15, -0.1) is 0 Å². The molecule has 0 aromatic rings. The van der Waals surface area contributed by atoms with E-state index in [4.69, 9.17) is 5.73 Å². The Balaban J connectivity index is 8.06. The first-order chi connectivity index (χ1) is 18.3. The van der Waals surface area contributed by atoms with Crippen molar-refractivity contribution in [2.24, 2.45) is 11.5 Å². The number of alkyl halides is 12. The summed E-state index contributed by atoms with van der Waals surface area (Å²) in [4.78, 5) is 0. The Labute approximate surface area is 231 Å². The molecule has 0 spiro atoms. The van der Waals surface area contributed by atoms with Gasteiger partial charge in [-0.05, 0) is 19.4 Å². The second-order valence-corrected chi connectivity index (χ2v) is 17.7. The summed E-state index contributed by atoms with van der Waals surface area (Å²) in [5.74, 6) is 0. The zero-order valence-electron chi connectivity index (χ0n) is 20.7. The fraction of sp³-hybridized carbons (Fsp3) is 1.00. The first kappa shape index (κ1) is 40.9. The Morgan fingerprint density at radius 1 is 0.405 bits per heavy atom. The van der Waals surface area contributed by atoms with Crippen molar-refractivity contribution in [3.05, 3.63) is 0 Å². The number of nitrogens with two attached hydrogens (primary N) is 2. The lowest BCUT2D eigenvalue weighted by Gasteiger charge is -2.44. The predicted octanol–water partition coefficient (Wildman–Crippen LogP) is 3.50. The zero-order valence-corrected chi connectivity index (χ0v) is 23.9. The zero-order chi connectivity index (χ0) is 34.1. The van der Waals surface area contributed by atoms with Crippen molar-refractivity contribution < 1.29 is 86.4 Å². The van der Waals surface area contributed by atoms with E-state index >= 15 is 0 Å². The van der Waals surface area contributed by atoms with Gasteiger partial charge >= 0.3 is 22.0 Å². The summed E-state index contributed by atoms with van der Waals surface area (Å²) in [5.41, 5.74) is -21.1. The smallest absolute Gasteiger partial charge is 0.330 e. The second-order valence-electron chi connectivity index (χ2n) is 8.58. The van der Waals surface area contributed by atoms with Crippen LogP contribution in [0.1, 0.15) is 57.8 Å². The molecule has 0 amide bonds. The van der Waals surface area contributed by atoms with E-state index in [1.165, 1.54) is 0 Å². The third-order valence-corrected chi connectivity index (χ3v) is 16.5. The van der Waals surface area contributed by atoms with Gasteiger partial charge in [0.2, 0.25) is 4.08 Å². The van der Waals surface area contributed by atoms with Gasteiger partial charge in [-0.3, -0.25) is 5.73 Å². The Kier molecular flexibility index (Phi) is 12.4. The van der Waals surface area contributed by atoms with Crippen molar-refractivity contribution in [3.63, 3.8) is 0 Å². The van der Waals surface area contributed by atoms with Crippen LogP contribution in [0.3, 0.4) is 0 Å². The largest absolute Gasteiger partial charge is 0.500 e. The van der Waals surface area contributed by atoms with Crippen LogP contribution in [-0.4, -0.2) is 70.5 Å². The van der Waals surface area contributed by atoms with Gasteiger partial charge in [-0.2, -0.15) is 52.7 Å². The lowest BCUT2D eigenvalue weighted by atomic mass is 10.1. The van der Waals surface area contributed by atoms with E-state index in [-0.39, 0.29) is 25.8 Å². The molecule has 26 heteroatoms. The van der Waals surface area contributed by atoms with E-state index in [1.807, 2.05) is 0 Å². The lowest BCUT2D eigenvalue weighted by molar-refractivity contribution is -0.0559. The van der Waals surface area contributed by atoms with Crippen LogP contribution in [0.2, 0.25) is 0 Å². The number of rotatable bonds is 15. The van der Waals surface area contributed by atoms with Crippen LogP contribution >= 0.6 is 0 Å². The van der Waals surface area contributed by atoms with Gasteiger partial charge in [0.1, 0.15) is 0 Å². The molecule has 254 valence electrons. The molecule has 0 unspecified atom stereocenters. The van der Waals surface area contributed by atoms with E-state index in [0.29, 0.717) is 19.3 Å². The molecule has 42 heavy (non-hydrogen) atoms. The molecule has 0 saturated carbocycles. The summed E-state index contributed by atoms with van der Waals surface area (Å²) in [6.45, 7) is 0.270. The monoisotopic (exact) mass is 728 g/mol. The Hall–Kier alpha value is -1.12. The van der Waals surface area contributed by atoms with Crippen molar-refractivity contribution >= 4 is 39.3 Å². The molecule has 0 fully saturated rings. The minimum atomic E-state index is -8.98. The Morgan fingerprint density at radius 3 is 0.881 bits per heavy atom. The van der Waals surface area contributed by atoms with Crippen molar-refractivity contribution in [2.75, 3.05) is 6.54 Å². The van der Waals surface area contributed by atoms with Crippen LogP contribution in [0.15, 0.2) is 0 Å². The molecule has 0 saturated heterocycles. The van der Waals surface area contributed by atoms with Crippen LogP contribution in [0, 0.1) is 0 Å². The molecule has 0 atom stereocenters. The van der Waals surface area contributed by atoms with E-state index in [1.54, 1.807) is 0 Å². The first-order valence-electron chi connectivity index (χ1n) is 11.0. The molecule has 0 aliphatic heterocycles. The van der Waals surface area contributed by atoms with Gasteiger partial charge in [-0.1, -0.05) is 44.9 Å². The molecular weight excluding hydrogens is 704 g/mol. The molecule has 0 radical (unpaired) electrons.